The van der Waals surface area contributed by atoms with Gasteiger partial charge in [-0.2, -0.15) is 4.98 Å². The van der Waals surface area contributed by atoms with Crippen LogP contribution >= 0.6 is 0 Å². The minimum Gasteiger partial charge on any atom is -0.344 e. The first-order chi connectivity index (χ1) is 9.72. The predicted molar refractivity (Wildman–Crippen MR) is 77.3 cm³/mol. The normalized spacial score (nSPS) is 14.8. The fourth-order valence-corrected chi connectivity index (χ4v) is 2.24. The number of hydrogen-bond donors (Lipinski definition) is 0. The lowest BCUT2D eigenvalue weighted by Gasteiger charge is -2.19. The van der Waals surface area contributed by atoms with Crippen molar-refractivity contribution in [3.8, 4) is 0 Å². The molecule has 0 saturated heterocycles. The van der Waals surface area contributed by atoms with Gasteiger partial charge in [-0.25, -0.2) is 0 Å². The predicted octanol–water partition coefficient (Wildman–Crippen LogP) is 2.30. The molecule has 1 heterocycles. The topological polar surface area (TPSA) is 45.4 Å². The number of nitrogens with zero attached hydrogens (tertiary/aromatic N) is 4. The number of benzene rings is 1. The Labute approximate surface area is 119 Å². The van der Waals surface area contributed by atoms with Gasteiger partial charge < -0.3 is 9.42 Å². The maximum absolute atomic E-state index is 5.33. The summed E-state index contributed by atoms with van der Waals surface area (Å²) in [6.45, 7) is 1.66. The van der Waals surface area contributed by atoms with E-state index in [1.54, 1.807) is 0 Å². The first-order valence-electron chi connectivity index (χ1n) is 7.00. The van der Waals surface area contributed by atoms with Gasteiger partial charge in [0.2, 0.25) is 5.89 Å². The van der Waals surface area contributed by atoms with Crippen LogP contribution in [0, 0.1) is 0 Å². The van der Waals surface area contributed by atoms with Gasteiger partial charge in [0, 0.05) is 26.7 Å². The molecule has 0 unspecified atom stereocenters. The lowest BCUT2D eigenvalue weighted by Crippen LogP contribution is -2.25. The molecule has 1 fully saturated rings. The Kier molecular flexibility index (Phi) is 3.69. The Bertz CT molecular complexity index is 548. The van der Waals surface area contributed by atoms with Gasteiger partial charge in [-0.05, 0) is 23.6 Å². The summed E-state index contributed by atoms with van der Waals surface area (Å²) in [5.41, 5.74) is 1.33. The molecule has 0 radical (unpaired) electrons. The standard InChI is InChI=1S/C15H20N4O/c1-18(2)15-16-14(20-17-15)11-19(13-8-9-13)10-12-6-4-3-5-7-12/h3-7,13H,8-11H2,1-2H3. The van der Waals surface area contributed by atoms with Crippen molar-refractivity contribution < 1.29 is 4.52 Å². The SMILES string of the molecule is CN(C)c1noc(CN(Cc2ccccc2)C2CC2)n1. The summed E-state index contributed by atoms with van der Waals surface area (Å²) in [5, 5.41) is 3.97. The molecule has 106 valence electrons. The largest absolute Gasteiger partial charge is 0.344 e. The Hall–Kier alpha value is -1.88. The summed E-state index contributed by atoms with van der Waals surface area (Å²) in [6, 6.07) is 11.2. The van der Waals surface area contributed by atoms with Crippen molar-refractivity contribution in [1.29, 1.82) is 0 Å². The minimum atomic E-state index is 0.635. The highest BCUT2D eigenvalue weighted by atomic mass is 16.5. The Morgan fingerprint density at radius 2 is 1.90 bits per heavy atom. The Morgan fingerprint density at radius 3 is 2.50 bits per heavy atom. The second kappa shape index (κ2) is 5.63. The van der Waals surface area contributed by atoms with Crippen molar-refractivity contribution in [1.82, 2.24) is 15.0 Å². The van der Waals surface area contributed by atoms with E-state index >= 15 is 0 Å². The molecule has 1 aromatic carbocycles. The summed E-state index contributed by atoms with van der Waals surface area (Å²) >= 11 is 0. The van der Waals surface area contributed by atoms with Crippen LogP contribution in [0.3, 0.4) is 0 Å². The maximum Gasteiger partial charge on any atom is 0.265 e. The summed E-state index contributed by atoms with van der Waals surface area (Å²) in [7, 11) is 3.83. The smallest absolute Gasteiger partial charge is 0.265 e. The van der Waals surface area contributed by atoms with E-state index in [0.717, 1.165) is 13.1 Å². The van der Waals surface area contributed by atoms with Crippen molar-refractivity contribution in [2.75, 3.05) is 19.0 Å². The summed E-state index contributed by atoms with van der Waals surface area (Å²) in [4.78, 5) is 8.68. The zero-order chi connectivity index (χ0) is 13.9. The molecule has 0 aliphatic heterocycles. The Balaban J connectivity index is 1.68. The van der Waals surface area contributed by atoms with Crippen LogP contribution in [0.15, 0.2) is 34.9 Å². The molecule has 0 bridgehead atoms. The average Bonchev–Trinajstić information content (AvgIpc) is 3.19. The zero-order valence-electron chi connectivity index (χ0n) is 12.0. The molecule has 0 N–H and O–H groups in total. The molecular formula is C15H20N4O. The van der Waals surface area contributed by atoms with Crippen molar-refractivity contribution in [3.05, 3.63) is 41.8 Å². The molecule has 20 heavy (non-hydrogen) atoms. The highest BCUT2D eigenvalue weighted by Gasteiger charge is 2.30. The molecule has 5 heteroatoms. The molecule has 0 amide bonds. The molecule has 0 atom stereocenters. The van der Waals surface area contributed by atoms with Crippen LogP contribution in [0.4, 0.5) is 5.95 Å². The highest BCUT2D eigenvalue weighted by molar-refractivity contribution is 5.23. The van der Waals surface area contributed by atoms with Crippen LogP contribution in [-0.2, 0) is 13.1 Å². The summed E-state index contributed by atoms with van der Waals surface area (Å²) < 4.78 is 5.33. The number of anilines is 1. The third kappa shape index (κ3) is 3.17. The van der Waals surface area contributed by atoms with Crippen molar-refractivity contribution >= 4 is 5.95 Å². The number of hydrogen-bond acceptors (Lipinski definition) is 5. The summed E-state index contributed by atoms with van der Waals surface area (Å²) in [6.07, 6.45) is 2.53. The van der Waals surface area contributed by atoms with E-state index in [0.29, 0.717) is 17.9 Å². The van der Waals surface area contributed by atoms with Gasteiger partial charge in [0.15, 0.2) is 0 Å². The van der Waals surface area contributed by atoms with Crippen LogP contribution in [0.2, 0.25) is 0 Å². The molecule has 1 saturated carbocycles. The van der Waals surface area contributed by atoms with Gasteiger partial charge in [-0.15, -0.1) is 0 Å². The van der Waals surface area contributed by atoms with Gasteiger partial charge in [0.05, 0.1) is 6.54 Å². The van der Waals surface area contributed by atoms with Crippen LogP contribution < -0.4 is 4.90 Å². The third-order valence-electron chi connectivity index (χ3n) is 3.49. The molecule has 1 aromatic heterocycles. The van der Waals surface area contributed by atoms with E-state index in [-0.39, 0.29) is 0 Å². The zero-order valence-corrected chi connectivity index (χ0v) is 12.0. The van der Waals surface area contributed by atoms with E-state index in [1.807, 2.05) is 25.1 Å². The quantitative estimate of drug-likeness (QED) is 0.807. The van der Waals surface area contributed by atoms with E-state index in [2.05, 4.69) is 39.3 Å². The van der Waals surface area contributed by atoms with Crippen molar-refractivity contribution in [2.24, 2.45) is 0 Å². The van der Waals surface area contributed by atoms with Crippen LogP contribution in [-0.4, -0.2) is 35.2 Å². The van der Waals surface area contributed by atoms with Gasteiger partial charge in [0.25, 0.3) is 5.95 Å². The van der Waals surface area contributed by atoms with Crippen molar-refractivity contribution in [2.45, 2.75) is 32.0 Å². The van der Waals surface area contributed by atoms with E-state index in [1.165, 1.54) is 18.4 Å². The van der Waals surface area contributed by atoms with E-state index < -0.39 is 0 Å². The fourth-order valence-electron chi connectivity index (χ4n) is 2.24. The molecule has 1 aliphatic carbocycles. The number of aromatic nitrogens is 2. The minimum absolute atomic E-state index is 0.635. The van der Waals surface area contributed by atoms with Crippen LogP contribution in [0.25, 0.3) is 0 Å². The second-order valence-corrected chi connectivity index (χ2v) is 5.50. The third-order valence-corrected chi connectivity index (χ3v) is 3.49. The lowest BCUT2D eigenvalue weighted by atomic mass is 10.2. The van der Waals surface area contributed by atoms with Crippen LogP contribution in [0.1, 0.15) is 24.3 Å². The molecule has 1 aliphatic rings. The first kappa shape index (κ1) is 13.1. The second-order valence-electron chi connectivity index (χ2n) is 5.50. The summed E-state index contributed by atoms with van der Waals surface area (Å²) in [5.74, 6) is 1.33. The Morgan fingerprint density at radius 1 is 1.15 bits per heavy atom. The molecule has 3 rings (SSSR count). The number of rotatable bonds is 6. The van der Waals surface area contributed by atoms with Gasteiger partial charge in [-0.1, -0.05) is 30.3 Å². The molecule has 5 nitrogen and oxygen atoms in total. The van der Waals surface area contributed by atoms with Gasteiger partial charge in [-0.3, -0.25) is 4.90 Å². The van der Waals surface area contributed by atoms with Crippen LogP contribution in [0.5, 0.6) is 0 Å². The van der Waals surface area contributed by atoms with Gasteiger partial charge >= 0.3 is 0 Å². The lowest BCUT2D eigenvalue weighted by molar-refractivity contribution is 0.209. The maximum atomic E-state index is 5.33. The van der Waals surface area contributed by atoms with E-state index in [9.17, 15) is 0 Å². The molecular weight excluding hydrogens is 252 g/mol. The molecule has 2 aromatic rings. The van der Waals surface area contributed by atoms with E-state index in [4.69, 9.17) is 4.52 Å². The fraction of sp³-hybridized carbons (Fsp3) is 0.467. The van der Waals surface area contributed by atoms with Gasteiger partial charge in [0.1, 0.15) is 0 Å². The molecule has 0 spiro atoms. The average molecular weight is 272 g/mol. The first-order valence-corrected chi connectivity index (χ1v) is 7.00. The highest BCUT2D eigenvalue weighted by Crippen LogP contribution is 2.29. The monoisotopic (exact) mass is 272 g/mol. The van der Waals surface area contributed by atoms with Crippen molar-refractivity contribution in [3.63, 3.8) is 0 Å².